The van der Waals surface area contributed by atoms with Crippen LogP contribution in [-0.2, 0) is 19.6 Å². The van der Waals surface area contributed by atoms with E-state index in [1.54, 1.807) is 0 Å². The van der Waals surface area contributed by atoms with E-state index in [0.717, 1.165) is 19.6 Å². The van der Waals surface area contributed by atoms with Crippen molar-refractivity contribution in [2.45, 2.75) is 26.6 Å². The van der Waals surface area contributed by atoms with Crippen LogP contribution in [0.15, 0.2) is 66.7 Å². The molecule has 0 aliphatic carbocycles. The van der Waals surface area contributed by atoms with Crippen LogP contribution in [0.2, 0.25) is 0 Å². The third-order valence-corrected chi connectivity index (χ3v) is 4.52. The average Bonchev–Trinajstić information content (AvgIpc) is 2.81. The summed E-state index contributed by atoms with van der Waals surface area (Å²) in [5.41, 5.74) is 6.84. The third-order valence-electron chi connectivity index (χ3n) is 4.52. The molecule has 1 aromatic heterocycles. The number of aromatic nitrogens is 1. The maximum absolute atomic E-state index is 2.49. The number of para-hydroxylation sites is 1. The van der Waals surface area contributed by atoms with Crippen LogP contribution in [0.5, 0.6) is 0 Å². The fourth-order valence-electron chi connectivity index (χ4n) is 3.34. The largest absolute Gasteiger partial charge is 0.361 e. The number of hydrogen-bond acceptors (Lipinski definition) is 1. The van der Waals surface area contributed by atoms with Crippen molar-refractivity contribution in [3.05, 3.63) is 89.2 Å². The third kappa shape index (κ3) is 2.31. The second-order valence-electron chi connectivity index (χ2n) is 6.02. The monoisotopic (exact) mass is 288 g/mol. The number of anilines is 1. The summed E-state index contributed by atoms with van der Waals surface area (Å²) in [5.74, 6) is 0. The van der Waals surface area contributed by atoms with Gasteiger partial charge in [0, 0.05) is 30.2 Å². The molecule has 0 saturated carbocycles. The lowest BCUT2D eigenvalue weighted by Gasteiger charge is -2.24. The number of nitrogens with zero attached hydrogens (tertiary/aromatic N) is 2. The van der Waals surface area contributed by atoms with Crippen molar-refractivity contribution in [1.82, 2.24) is 4.57 Å². The molecule has 2 heterocycles. The topological polar surface area (TPSA) is 8.17 Å². The molecule has 1 aliphatic heterocycles. The second-order valence-corrected chi connectivity index (χ2v) is 6.02. The smallest absolute Gasteiger partial charge is 0.0585 e. The van der Waals surface area contributed by atoms with Crippen LogP contribution >= 0.6 is 0 Å². The zero-order chi connectivity index (χ0) is 14.9. The quantitative estimate of drug-likeness (QED) is 0.680. The highest BCUT2D eigenvalue weighted by molar-refractivity contribution is 5.55. The lowest BCUT2D eigenvalue weighted by molar-refractivity contribution is 0.719. The summed E-state index contributed by atoms with van der Waals surface area (Å²) in [6, 6.07) is 24.0. The molecule has 0 N–H and O–H groups in total. The molecule has 0 saturated heterocycles. The van der Waals surface area contributed by atoms with E-state index < -0.39 is 0 Å². The van der Waals surface area contributed by atoms with Gasteiger partial charge in [0.05, 0.1) is 6.54 Å². The lowest BCUT2D eigenvalue weighted by atomic mass is 10.1. The predicted molar refractivity (Wildman–Crippen MR) is 91.0 cm³/mol. The van der Waals surface area contributed by atoms with Gasteiger partial charge in [0.25, 0.3) is 0 Å². The van der Waals surface area contributed by atoms with E-state index in [4.69, 9.17) is 0 Å². The van der Waals surface area contributed by atoms with Crippen molar-refractivity contribution < 1.29 is 0 Å². The minimum Gasteiger partial charge on any atom is -0.361 e. The molecule has 0 unspecified atom stereocenters. The molecule has 0 amide bonds. The van der Waals surface area contributed by atoms with E-state index in [2.05, 4.69) is 83.1 Å². The molecule has 3 aromatic rings. The number of benzene rings is 2. The van der Waals surface area contributed by atoms with Crippen molar-refractivity contribution in [3.8, 4) is 0 Å². The molecular weight excluding hydrogens is 268 g/mol. The molecule has 110 valence electrons. The van der Waals surface area contributed by atoms with E-state index in [0.29, 0.717) is 0 Å². The fourth-order valence-corrected chi connectivity index (χ4v) is 3.34. The molecule has 0 atom stereocenters. The molecule has 0 fully saturated rings. The summed E-state index contributed by atoms with van der Waals surface area (Å²) >= 11 is 0. The van der Waals surface area contributed by atoms with Gasteiger partial charge >= 0.3 is 0 Å². The van der Waals surface area contributed by atoms with E-state index in [9.17, 15) is 0 Å². The minimum absolute atomic E-state index is 0.947. The molecule has 2 nitrogen and oxygen atoms in total. The summed E-state index contributed by atoms with van der Waals surface area (Å²) in [6.45, 7) is 5.07. The zero-order valence-electron chi connectivity index (χ0n) is 12.9. The maximum Gasteiger partial charge on any atom is 0.0585 e. The van der Waals surface area contributed by atoms with Crippen LogP contribution in [0.4, 0.5) is 5.69 Å². The van der Waals surface area contributed by atoms with Gasteiger partial charge in [0.1, 0.15) is 0 Å². The Morgan fingerprint density at radius 2 is 1.59 bits per heavy atom. The van der Waals surface area contributed by atoms with Crippen molar-refractivity contribution in [1.29, 1.82) is 0 Å². The van der Waals surface area contributed by atoms with Gasteiger partial charge in [-0.25, -0.2) is 0 Å². The van der Waals surface area contributed by atoms with Gasteiger partial charge in [-0.15, -0.1) is 0 Å². The number of fused-ring (bicyclic) bond motifs is 2. The Morgan fingerprint density at radius 1 is 0.818 bits per heavy atom. The standard InChI is InChI=1S/C20H20N2/c1-16-11-12-19-15-21(13-17-7-3-2-4-8-17)20-10-6-5-9-18(20)14-22(16)19/h2-12H,13-15H2,1H3. The predicted octanol–water partition coefficient (Wildman–Crippen LogP) is 4.37. The van der Waals surface area contributed by atoms with Gasteiger partial charge in [0.2, 0.25) is 0 Å². The Morgan fingerprint density at radius 3 is 2.45 bits per heavy atom. The first-order chi connectivity index (χ1) is 10.8. The first-order valence-corrected chi connectivity index (χ1v) is 7.83. The molecule has 22 heavy (non-hydrogen) atoms. The first kappa shape index (κ1) is 13.2. The Labute approximate surface area is 131 Å². The molecule has 0 radical (unpaired) electrons. The van der Waals surface area contributed by atoms with Gasteiger partial charge in [-0.3, -0.25) is 0 Å². The van der Waals surface area contributed by atoms with Gasteiger partial charge in [-0.2, -0.15) is 0 Å². The van der Waals surface area contributed by atoms with Crippen molar-refractivity contribution in [2.75, 3.05) is 4.90 Å². The molecule has 2 aromatic carbocycles. The fraction of sp³-hybridized carbons (Fsp3) is 0.200. The van der Waals surface area contributed by atoms with E-state index >= 15 is 0 Å². The van der Waals surface area contributed by atoms with Crippen LogP contribution in [0.25, 0.3) is 0 Å². The zero-order valence-corrected chi connectivity index (χ0v) is 12.9. The van der Waals surface area contributed by atoms with E-state index in [1.165, 1.54) is 28.2 Å². The Hall–Kier alpha value is -2.48. The second kappa shape index (κ2) is 5.38. The maximum atomic E-state index is 2.49. The van der Waals surface area contributed by atoms with Crippen molar-refractivity contribution in [2.24, 2.45) is 0 Å². The van der Waals surface area contributed by atoms with Crippen LogP contribution < -0.4 is 4.90 Å². The number of rotatable bonds is 2. The first-order valence-electron chi connectivity index (χ1n) is 7.83. The summed E-state index contributed by atoms with van der Waals surface area (Å²) < 4.78 is 2.43. The van der Waals surface area contributed by atoms with Crippen molar-refractivity contribution >= 4 is 5.69 Å². The lowest BCUT2D eigenvalue weighted by Crippen LogP contribution is -2.22. The number of hydrogen-bond donors (Lipinski definition) is 0. The molecule has 4 rings (SSSR count). The van der Waals surface area contributed by atoms with Gasteiger partial charge in [-0.05, 0) is 36.2 Å². The summed E-state index contributed by atoms with van der Waals surface area (Å²) in [7, 11) is 0. The normalized spacial score (nSPS) is 13.4. The molecule has 0 spiro atoms. The van der Waals surface area contributed by atoms with Crippen LogP contribution in [0.1, 0.15) is 22.5 Å². The van der Waals surface area contributed by atoms with Crippen LogP contribution in [-0.4, -0.2) is 4.57 Å². The van der Waals surface area contributed by atoms with Gasteiger partial charge in [0.15, 0.2) is 0 Å². The Bertz CT molecular complexity index is 786. The van der Waals surface area contributed by atoms with Gasteiger partial charge < -0.3 is 9.47 Å². The van der Waals surface area contributed by atoms with Crippen LogP contribution in [0, 0.1) is 6.92 Å². The average molecular weight is 288 g/mol. The van der Waals surface area contributed by atoms with Crippen molar-refractivity contribution in [3.63, 3.8) is 0 Å². The molecule has 0 bridgehead atoms. The Balaban J connectivity index is 1.77. The SMILES string of the molecule is Cc1ccc2n1Cc1ccccc1N(Cc1ccccc1)C2. The van der Waals surface area contributed by atoms with E-state index in [-0.39, 0.29) is 0 Å². The minimum atomic E-state index is 0.947. The highest BCUT2D eigenvalue weighted by Crippen LogP contribution is 2.29. The highest BCUT2D eigenvalue weighted by Gasteiger charge is 2.19. The Kier molecular flexibility index (Phi) is 3.23. The highest BCUT2D eigenvalue weighted by atomic mass is 15.2. The molecule has 2 heteroatoms. The summed E-state index contributed by atoms with van der Waals surface area (Å²) in [5, 5.41) is 0. The summed E-state index contributed by atoms with van der Waals surface area (Å²) in [4.78, 5) is 2.49. The number of aryl methyl sites for hydroxylation is 1. The van der Waals surface area contributed by atoms with Gasteiger partial charge in [-0.1, -0.05) is 48.5 Å². The van der Waals surface area contributed by atoms with Crippen LogP contribution in [0.3, 0.4) is 0 Å². The summed E-state index contributed by atoms with van der Waals surface area (Å²) in [6.07, 6.45) is 0. The molecule has 1 aliphatic rings. The van der Waals surface area contributed by atoms with E-state index in [1.807, 2.05) is 0 Å². The molecular formula is C20H20N2.